The van der Waals surface area contributed by atoms with Gasteiger partial charge in [0.1, 0.15) is 0 Å². The minimum atomic E-state index is -0.536. The van der Waals surface area contributed by atoms with E-state index in [1.54, 1.807) is 0 Å². The predicted molar refractivity (Wildman–Crippen MR) is 99.3 cm³/mol. The van der Waals surface area contributed by atoms with Crippen LogP contribution in [-0.2, 0) is 0 Å². The lowest BCUT2D eigenvalue weighted by atomic mass is 9.89. The van der Waals surface area contributed by atoms with E-state index in [-0.39, 0.29) is 5.92 Å². The lowest BCUT2D eigenvalue weighted by Crippen LogP contribution is -2.14. The maximum absolute atomic E-state index is 10.7. The number of aliphatic hydroxyl groups is 1. The summed E-state index contributed by atoms with van der Waals surface area (Å²) < 4.78 is 0. The molecule has 0 unspecified atom stereocenters. The van der Waals surface area contributed by atoms with Crippen LogP contribution in [0.2, 0.25) is 0 Å². The smallest absolute Gasteiger partial charge is 0.0827 e. The highest BCUT2D eigenvalue weighted by atomic mass is 16.3. The Balaban J connectivity index is 2.26. The van der Waals surface area contributed by atoms with Gasteiger partial charge in [0.2, 0.25) is 0 Å². The van der Waals surface area contributed by atoms with E-state index in [4.69, 9.17) is 0 Å². The van der Waals surface area contributed by atoms with Gasteiger partial charge >= 0.3 is 0 Å². The van der Waals surface area contributed by atoms with E-state index in [1.807, 2.05) is 60.7 Å². The van der Waals surface area contributed by atoms with Gasteiger partial charge in [0.15, 0.2) is 0 Å². The highest BCUT2D eigenvalue weighted by Gasteiger charge is 2.17. The molecule has 2 aromatic rings. The van der Waals surface area contributed by atoms with Gasteiger partial charge < -0.3 is 5.11 Å². The van der Waals surface area contributed by atoms with Crippen LogP contribution in [0.1, 0.15) is 43.7 Å². The van der Waals surface area contributed by atoms with E-state index in [1.165, 1.54) is 5.57 Å². The van der Waals surface area contributed by atoms with E-state index in [9.17, 15) is 5.11 Å². The summed E-state index contributed by atoms with van der Waals surface area (Å²) in [7, 11) is 0. The highest BCUT2D eigenvalue weighted by Crippen LogP contribution is 2.26. The molecule has 0 saturated heterocycles. The second-order valence-corrected chi connectivity index (χ2v) is 5.73. The molecule has 0 aliphatic rings. The van der Waals surface area contributed by atoms with Crippen molar-refractivity contribution in [3.05, 3.63) is 89.5 Å². The molecule has 0 spiro atoms. The van der Waals surface area contributed by atoms with Gasteiger partial charge in [-0.1, -0.05) is 98.3 Å². The van der Waals surface area contributed by atoms with Crippen LogP contribution in [0.25, 0.3) is 6.08 Å². The van der Waals surface area contributed by atoms with Crippen LogP contribution in [-0.4, -0.2) is 11.2 Å². The third-order valence-corrected chi connectivity index (χ3v) is 4.16. The molecule has 2 rings (SSSR count). The summed E-state index contributed by atoms with van der Waals surface area (Å²) in [5.41, 5.74) is 3.64. The third-order valence-electron chi connectivity index (χ3n) is 4.16. The van der Waals surface area contributed by atoms with Crippen molar-refractivity contribution in [3.63, 3.8) is 0 Å². The molecule has 1 heteroatoms. The largest absolute Gasteiger partial charge is 0.388 e. The zero-order valence-corrected chi connectivity index (χ0v) is 14.0. The quantitative estimate of drug-likeness (QED) is 0.661. The van der Waals surface area contributed by atoms with Crippen molar-refractivity contribution >= 4 is 6.08 Å². The summed E-state index contributed by atoms with van der Waals surface area (Å²) in [5.74, 6) is -0.00828. The number of rotatable bonds is 7. The van der Waals surface area contributed by atoms with Gasteiger partial charge in [0.25, 0.3) is 0 Å². The van der Waals surface area contributed by atoms with Crippen LogP contribution < -0.4 is 0 Å². The summed E-state index contributed by atoms with van der Waals surface area (Å²) >= 11 is 0. The lowest BCUT2D eigenvalue weighted by Gasteiger charge is -2.19. The Morgan fingerprint density at radius 1 is 0.913 bits per heavy atom. The fourth-order valence-corrected chi connectivity index (χ4v) is 2.70. The Hall–Kier alpha value is -2.12. The minimum Gasteiger partial charge on any atom is -0.388 e. The Labute approximate surface area is 140 Å². The van der Waals surface area contributed by atoms with Gasteiger partial charge in [-0.15, -0.1) is 0 Å². The van der Waals surface area contributed by atoms with Crippen molar-refractivity contribution < 1.29 is 5.11 Å². The molecule has 0 heterocycles. The molecular formula is C22H26O. The monoisotopic (exact) mass is 306 g/mol. The first-order valence-electron chi connectivity index (χ1n) is 8.40. The van der Waals surface area contributed by atoms with Gasteiger partial charge in [0, 0.05) is 5.92 Å². The van der Waals surface area contributed by atoms with Crippen molar-refractivity contribution in [1.29, 1.82) is 0 Å². The molecule has 0 aliphatic carbocycles. The molecule has 2 atom stereocenters. The molecule has 1 N–H and O–H groups in total. The third kappa shape index (κ3) is 5.22. The molecule has 0 radical (unpaired) electrons. The van der Waals surface area contributed by atoms with Crippen LogP contribution in [0.15, 0.2) is 78.4 Å². The zero-order chi connectivity index (χ0) is 16.5. The molecule has 23 heavy (non-hydrogen) atoms. The molecule has 0 aromatic heterocycles. The normalized spacial score (nSPS) is 13.7. The van der Waals surface area contributed by atoms with Crippen molar-refractivity contribution in [2.75, 3.05) is 0 Å². The van der Waals surface area contributed by atoms with Gasteiger partial charge in [-0.25, -0.2) is 0 Å². The summed E-state index contributed by atoms with van der Waals surface area (Å²) in [6, 6.07) is 20.3. The standard InChI is InChI=1S/C22H26O/c1-3-18(4-2)17-21(20-13-9-6-10-14-20)22(23)16-15-19-11-7-5-8-12-19/h5-17,21-23H,3-4H2,1-2H3/b16-15+/t21-,22-/m0/s1. The first-order chi connectivity index (χ1) is 11.2. The fraction of sp³-hybridized carbons (Fsp3) is 0.273. The first kappa shape index (κ1) is 17.2. The number of aliphatic hydroxyl groups excluding tert-OH is 1. The lowest BCUT2D eigenvalue weighted by molar-refractivity contribution is 0.207. The molecular weight excluding hydrogens is 280 g/mol. The van der Waals surface area contributed by atoms with Crippen molar-refractivity contribution in [1.82, 2.24) is 0 Å². The summed E-state index contributed by atoms with van der Waals surface area (Å²) in [6.07, 6.45) is 7.63. The molecule has 0 fully saturated rings. The molecule has 2 aromatic carbocycles. The summed E-state index contributed by atoms with van der Waals surface area (Å²) in [6.45, 7) is 4.34. The molecule has 1 nitrogen and oxygen atoms in total. The van der Waals surface area contributed by atoms with Crippen LogP contribution in [0, 0.1) is 0 Å². The van der Waals surface area contributed by atoms with E-state index in [0.29, 0.717) is 0 Å². The van der Waals surface area contributed by atoms with Crippen LogP contribution >= 0.6 is 0 Å². The second-order valence-electron chi connectivity index (χ2n) is 5.73. The average Bonchev–Trinajstić information content (AvgIpc) is 2.62. The van der Waals surface area contributed by atoms with E-state index >= 15 is 0 Å². The Morgan fingerprint density at radius 2 is 1.48 bits per heavy atom. The van der Waals surface area contributed by atoms with Crippen molar-refractivity contribution in [2.45, 2.75) is 38.7 Å². The Bertz CT molecular complexity index is 620. The maximum atomic E-state index is 10.7. The minimum absolute atomic E-state index is 0.00828. The highest BCUT2D eigenvalue weighted by molar-refractivity contribution is 5.50. The number of allylic oxidation sites excluding steroid dienone is 1. The average molecular weight is 306 g/mol. The Kier molecular flexibility index (Phi) is 6.83. The number of benzene rings is 2. The van der Waals surface area contributed by atoms with Crippen LogP contribution in [0.4, 0.5) is 0 Å². The molecule has 0 saturated carbocycles. The van der Waals surface area contributed by atoms with Crippen molar-refractivity contribution in [2.24, 2.45) is 0 Å². The Morgan fingerprint density at radius 3 is 2.04 bits per heavy atom. The van der Waals surface area contributed by atoms with E-state index in [2.05, 4.69) is 32.1 Å². The zero-order valence-electron chi connectivity index (χ0n) is 14.0. The summed E-state index contributed by atoms with van der Waals surface area (Å²) in [5, 5.41) is 10.7. The first-order valence-corrected chi connectivity index (χ1v) is 8.40. The van der Waals surface area contributed by atoms with Crippen LogP contribution in [0.5, 0.6) is 0 Å². The number of hydrogen-bond donors (Lipinski definition) is 1. The van der Waals surface area contributed by atoms with Gasteiger partial charge in [0.05, 0.1) is 6.10 Å². The van der Waals surface area contributed by atoms with Gasteiger partial charge in [-0.3, -0.25) is 0 Å². The fourth-order valence-electron chi connectivity index (χ4n) is 2.70. The second kappa shape index (κ2) is 9.12. The predicted octanol–water partition coefficient (Wildman–Crippen LogP) is 5.59. The molecule has 0 bridgehead atoms. The molecule has 0 amide bonds. The number of hydrogen-bond acceptors (Lipinski definition) is 1. The van der Waals surface area contributed by atoms with E-state index in [0.717, 1.165) is 24.0 Å². The van der Waals surface area contributed by atoms with Gasteiger partial charge in [-0.2, -0.15) is 0 Å². The summed E-state index contributed by atoms with van der Waals surface area (Å²) in [4.78, 5) is 0. The molecule has 120 valence electrons. The topological polar surface area (TPSA) is 20.2 Å². The van der Waals surface area contributed by atoms with Gasteiger partial charge in [-0.05, 0) is 24.0 Å². The van der Waals surface area contributed by atoms with E-state index < -0.39 is 6.10 Å². The van der Waals surface area contributed by atoms with Crippen LogP contribution in [0.3, 0.4) is 0 Å². The maximum Gasteiger partial charge on any atom is 0.0827 e. The van der Waals surface area contributed by atoms with Crippen molar-refractivity contribution in [3.8, 4) is 0 Å². The SMILES string of the molecule is CCC(=C[C@@H](c1ccccc1)[C@@H](O)/C=C/c1ccccc1)CC. The molecule has 0 aliphatic heterocycles.